The van der Waals surface area contributed by atoms with E-state index in [9.17, 15) is 9.18 Å². The number of nitrogens with one attached hydrogen (secondary N) is 1. The number of hydrogen-bond donors (Lipinski definition) is 1. The molecule has 8 nitrogen and oxygen atoms in total. The number of likely N-dealkylation sites (tertiary alicyclic amines) is 1. The van der Waals surface area contributed by atoms with Crippen LogP contribution in [0.2, 0.25) is 0 Å². The Bertz CT molecular complexity index is 1250. The first-order chi connectivity index (χ1) is 16.2. The predicted octanol–water partition coefficient (Wildman–Crippen LogP) is 2.05. The van der Waals surface area contributed by atoms with Gasteiger partial charge in [0.15, 0.2) is 11.5 Å². The van der Waals surface area contributed by atoms with Gasteiger partial charge in [-0.25, -0.2) is 4.39 Å². The van der Waals surface area contributed by atoms with E-state index in [1.807, 2.05) is 6.07 Å². The number of piperidine rings is 1. The Labute approximate surface area is 190 Å². The molecule has 1 saturated heterocycles. The number of aromatic nitrogens is 3. The molecule has 3 aliphatic rings. The summed E-state index contributed by atoms with van der Waals surface area (Å²) in [5.74, 6) is 1.12. The van der Waals surface area contributed by atoms with Gasteiger partial charge >= 0.3 is 0 Å². The van der Waals surface area contributed by atoms with E-state index in [1.54, 1.807) is 16.8 Å². The highest BCUT2D eigenvalue weighted by molar-refractivity contribution is 5.80. The molecule has 3 aromatic rings. The summed E-state index contributed by atoms with van der Waals surface area (Å²) in [6.45, 7) is 4.94. The molecule has 0 amide bonds. The van der Waals surface area contributed by atoms with Gasteiger partial charge in [-0.1, -0.05) is 0 Å². The summed E-state index contributed by atoms with van der Waals surface area (Å²) in [5, 5.41) is 3.61. The van der Waals surface area contributed by atoms with Crippen molar-refractivity contribution in [1.29, 1.82) is 0 Å². The minimum atomic E-state index is -0.312. The molecule has 0 aliphatic carbocycles. The molecule has 0 spiro atoms. The van der Waals surface area contributed by atoms with Crippen molar-refractivity contribution in [2.24, 2.45) is 0 Å². The Balaban J connectivity index is 1.06. The van der Waals surface area contributed by atoms with Crippen LogP contribution in [0.25, 0.3) is 11.0 Å². The summed E-state index contributed by atoms with van der Waals surface area (Å²) in [7, 11) is 0. The van der Waals surface area contributed by atoms with E-state index in [1.165, 1.54) is 12.3 Å². The summed E-state index contributed by atoms with van der Waals surface area (Å²) in [6, 6.07) is 5.56. The third kappa shape index (κ3) is 3.85. The SMILES string of the molecule is O=c1ccc2ncc(F)c3c2n1C[C@H]3CN1CCC(NCc2cc3c(cn2)OCCO3)CC1. The zero-order valence-corrected chi connectivity index (χ0v) is 18.3. The minimum absolute atomic E-state index is 0.0305. The van der Waals surface area contributed by atoms with Gasteiger partial charge in [0, 0.05) is 49.3 Å². The van der Waals surface area contributed by atoms with Gasteiger partial charge in [-0.15, -0.1) is 0 Å². The van der Waals surface area contributed by atoms with Crippen LogP contribution in [-0.4, -0.2) is 58.3 Å². The molecular formula is C24H26FN5O3. The van der Waals surface area contributed by atoms with E-state index in [2.05, 4.69) is 20.2 Å². The van der Waals surface area contributed by atoms with E-state index in [0.717, 1.165) is 43.9 Å². The molecular weight excluding hydrogens is 425 g/mol. The van der Waals surface area contributed by atoms with Crippen LogP contribution < -0.4 is 20.3 Å². The first-order valence-corrected chi connectivity index (χ1v) is 11.5. The van der Waals surface area contributed by atoms with Crippen LogP contribution in [0.1, 0.15) is 30.0 Å². The van der Waals surface area contributed by atoms with Gasteiger partial charge in [0.05, 0.1) is 29.1 Å². The lowest BCUT2D eigenvalue weighted by atomic mass is 9.98. The number of hydrogen-bond acceptors (Lipinski definition) is 7. The molecule has 1 atom stereocenters. The summed E-state index contributed by atoms with van der Waals surface area (Å²) in [5.41, 5.74) is 2.84. The number of pyridine rings is 3. The van der Waals surface area contributed by atoms with Gasteiger partial charge in [-0.2, -0.15) is 0 Å². The fourth-order valence-corrected chi connectivity index (χ4v) is 5.26. The van der Waals surface area contributed by atoms with Gasteiger partial charge < -0.3 is 24.3 Å². The highest BCUT2D eigenvalue weighted by atomic mass is 19.1. The first-order valence-electron chi connectivity index (χ1n) is 11.5. The molecule has 6 heterocycles. The van der Waals surface area contributed by atoms with Gasteiger partial charge in [0.2, 0.25) is 0 Å². The van der Waals surface area contributed by atoms with Crippen molar-refractivity contribution < 1.29 is 13.9 Å². The van der Waals surface area contributed by atoms with Gasteiger partial charge in [0.1, 0.15) is 19.0 Å². The first kappa shape index (κ1) is 20.6. The van der Waals surface area contributed by atoms with E-state index in [-0.39, 0.29) is 17.3 Å². The van der Waals surface area contributed by atoms with E-state index < -0.39 is 0 Å². The zero-order chi connectivity index (χ0) is 22.4. The highest BCUT2D eigenvalue weighted by Gasteiger charge is 2.31. The smallest absolute Gasteiger partial charge is 0.251 e. The Morgan fingerprint density at radius 3 is 2.76 bits per heavy atom. The number of ether oxygens (including phenoxy) is 2. The van der Waals surface area contributed by atoms with E-state index in [4.69, 9.17) is 9.47 Å². The van der Waals surface area contributed by atoms with Crippen molar-refractivity contribution in [2.45, 2.75) is 37.9 Å². The lowest BCUT2D eigenvalue weighted by Crippen LogP contribution is -2.43. The molecule has 0 radical (unpaired) electrons. The summed E-state index contributed by atoms with van der Waals surface area (Å²) in [6.07, 6.45) is 5.04. The third-order valence-electron chi connectivity index (χ3n) is 6.93. The van der Waals surface area contributed by atoms with Gasteiger partial charge in [-0.3, -0.25) is 14.8 Å². The van der Waals surface area contributed by atoms with Crippen LogP contribution in [0.5, 0.6) is 11.5 Å². The van der Waals surface area contributed by atoms with Crippen LogP contribution in [0.3, 0.4) is 0 Å². The van der Waals surface area contributed by atoms with Crippen LogP contribution in [0, 0.1) is 5.82 Å². The van der Waals surface area contributed by atoms with Crippen molar-refractivity contribution in [3.05, 3.63) is 58.0 Å². The summed E-state index contributed by atoms with van der Waals surface area (Å²) in [4.78, 5) is 23.3. The lowest BCUT2D eigenvalue weighted by molar-refractivity contribution is 0.170. The van der Waals surface area contributed by atoms with Crippen LogP contribution >= 0.6 is 0 Å². The second kappa shape index (κ2) is 8.39. The lowest BCUT2D eigenvalue weighted by Gasteiger charge is -2.34. The molecule has 33 heavy (non-hydrogen) atoms. The van der Waals surface area contributed by atoms with Crippen LogP contribution in [-0.2, 0) is 13.1 Å². The largest absolute Gasteiger partial charge is 0.486 e. The van der Waals surface area contributed by atoms with Gasteiger partial charge in [-0.05, 0) is 32.0 Å². The summed E-state index contributed by atoms with van der Waals surface area (Å²) < 4.78 is 27.5. The monoisotopic (exact) mass is 451 g/mol. The average molecular weight is 452 g/mol. The fourth-order valence-electron chi connectivity index (χ4n) is 5.26. The molecule has 1 fully saturated rings. The van der Waals surface area contributed by atoms with Crippen molar-refractivity contribution in [3.8, 4) is 11.5 Å². The number of halogens is 1. The van der Waals surface area contributed by atoms with Gasteiger partial charge in [0.25, 0.3) is 5.56 Å². The quantitative estimate of drug-likeness (QED) is 0.636. The summed E-state index contributed by atoms with van der Waals surface area (Å²) >= 11 is 0. The topological polar surface area (TPSA) is 81.5 Å². The second-order valence-electron chi connectivity index (χ2n) is 9.01. The average Bonchev–Trinajstić information content (AvgIpc) is 3.23. The number of fused-ring (bicyclic) bond motifs is 1. The third-order valence-corrected chi connectivity index (χ3v) is 6.93. The Hall–Kier alpha value is -3.04. The zero-order valence-electron chi connectivity index (χ0n) is 18.3. The maximum absolute atomic E-state index is 14.7. The maximum Gasteiger partial charge on any atom is 0.251 e. The molecule has 0 bridgehead atoms. The van der Waals surface area contributed by atoms with Crippen molar-refractivity contribution in [2.75, 3.05) is 32.8 Å². The molecule has 172 valence electrons. The Morgan fingerprint density at radius 1 is 1.09 bits per heavy atom. The molecule has 0 saturated carbocycles. The molecule has 9 heteroatoms. The molecule has 6 rings (SSSR count). The number of rotatable bonds is 5. The van der Waals surface area contributed by atoms with E-state index in [0.29, 0.717) is 54.7 Å². The standard InChI is InChI=1S/C24H26FN5O3/c25-18-11-28-19-1-2-22(31)30-14-15(23(18)24(19)30)13-29-5-3-16(4-6-29)26-10-17-9-20-21(12-27-17)33-8-7-32-20/h1-2,9,11-12,15-16,26H,3-8,10,13-14H2/t15-/m1/s1. The Kier molecular flexibility index (Phi) is 5.22. The molecule has 0 aromatic carbocycles. The highest BCUT2D eigenvalue weighted by Crippen LogP contribution is 2.34. The van der Waals surface area contributed by atoms with Crippen molar-refractivity contribution in [3.63, 3.8) is 0 Å². The maximum atomic E-state index is 14.7. The molecule has 1 N–H and O–H groups in total. The van der Waals surface area contributed by atoms with Crippen molar-refractivity contribution in [1.82, 2.24) is 24.8 Å². The second-order valence-corrected chi connectivity index (χ2v) is 9.01. The predicted molar refractivity (Wildman–Crippen MR) is 120 cm³/mol. The minimum Gasteiger partial charge on any atom is -0.486 e. The van der Waals surface area contributed by atoms with Crippen LogP contribution in [0.15, 0.2) is 35.4 Å². The molecule has 3 aromatic heterocycles. The molecule has 0 unspecified atom stereocenters. The van der Waals surface area contributed by atoms with Crippen molar-refractivity contribution >= 4 is 11.0 Å². The normalized spacial score (nSPS) is 20.5. The fraction of sp³-hybridized carbons (Fsp3) is 0.458. The van der Waals surface area contributed by atoms with E-state index >= 15 is 0 Å². The molecule has 3 aliphatic heterocycles. The number of nitrogens with zero attached hydrogens (tertiary/aromatic N) is 4. The van der Waals surface area contributed by atoms with Crippen LogP contribution in [0.4, 0.5) is 4.39 Å². The Morgan fingerprint density at radius 2 is 1.91 bits per heavy atom.